The van der Waals surface area contributed by atoms with Crippen molar-refractivity contribution in [3.63, 3.8) is 0 Å². The summed E-state index contributed by atoms with van der Waals surface area (Å²) in [5, 5.41) is 0.514. The summed E-state index contributed by atoms with van der Waals surface area (Å²) < 4.78 is 1.82. The number of aromatic nitrogens is 4. The van der Waals surface area contributed by atoms with Crippen LogP contribution in [0, 0.1) is 11.8 Å². The molecule has 5 nitrogen and oxygen atoms in total. The van der Waals surface area contributed by atoms with Gasteiger partial charge in [0.2, 0.25) is 0 Å². The zero-order valence-corrected chi connectivity index (χ0v) is 10.2. The van der Waals surface area contributed by atoms with Crippen LogP contribution in [0.15, 0.2) is 41.8 Å². The monoisotopic (exact) mass is 250 g/mol. The van der Waals surface area contributed by atoms with Gasteiger partial charge in [0.05, 0.1) is 29.8 Å². The van der Waals surface area contributed by atoms with Gasteiger partial charge in [-0.25, -0.2) is 9.97 Å². The predicted octanol–water partition coefficient (Wildman–Crippen LogP) is 1.06. The average Bonchev–Trinajstić information content (AvgIpc) is 2.82. The van der Waals surface area contributed by atoms with E-state index in [1.165, 1.54) is 6.33 Å². The first-order chi connectivity index (χ1) is 9.25. The molecule has 3 aromatic rings. The van der Waals surface area contributed by atoms with Crippen LogP contribution in [0.1, 0.15) is 11.3 Å². The molecule has 0 saturated heterocycles. The Kier molecular flexibility index (Phi) is 2.62. The fraction of sp³-hybridized carbons (Fsp3) is 0.0714. The van der Waals surface area contributed by atoms with Crippen molar-refractivity contribution in [1.82, 2.24) is 19.5 Å². The number of nitrogens with one attached hydrogen (secondary N) is 1. The Labute approximate surface area is 109 Å². The van der Waals surface area contributed by atoms with Gasteiger partial charge in [0.1, 0.15) is 5.69 Å². The van der Waals surface area contributed by atoms with Crippen molar-refractivity contribution in [2.24, 2.45) is 7.05 Å². The number of imidazole rings is 1. The summed E-state index contributed by atoms with van der Waals surface area (Å²) >= 11 is 0. The first-order valence-electron chi connectivity index (χ1n) is 5.70. The van der Waals surface area contributed by atoms with Crippen LogP contribution < -0.4 is 5.56 Å². The van der Waals surface area contributed by atoms with Crippen LogP contribution in [-0.2, 0) is 7.05 Å². The SMILES string of the molecule is Cn1cncc1C#Cc1cccc2nc[nH]c(=O)c12. The lowest BCUT2D eigenvalue weighted by Gasteiger charge is -1.97. The van der Waals surface area contributed by atoms with E-state index in [0.717, 1.165) is 5.69 Å². The molecule has 0 fully saturated rings. The molecule has 2 aromatic heterocycles. The highest BCUT2D eigenvalue weighted by Gasteiger charge is 2.03. The quantitative estimate of drug-likeness (QED) is 0.607. The molecule has 0 atom stereocenters. The third kappa shape index (κ3) is 2.00. The molecule has 0 aliphatic heterocycles. The molecule has 5 heteroatoms. The fourth-order valence-corrected chi connectivity index (χ4v) is 1.83. The first-order valence-corrected chi connectivity index (χ1v) is 5.70. The van der Waals surface area contributed by atoms with E-state index < -0.39 is 0 Å². The zero-order valence-electron chi connectivity index (χ0n) is 10.2. The molecule has 19 heavy (non-hydrogen) atoms. The minimum Gasteiger partial charge on any atom is -0.327 e. The topological polar surface area (TPSA) is 63.6 Å². The van der Waals surface area contributed by atoms with Gasteiger partial charge >= 0.3 is 0 Å². The average molecular weight is 250 g/mol. The number of hydrogen-bond acceptors (Lipinski definition) is 3. The smallest absolute Gasteiger partial charge is 0.259 e. The second kappa shape index (κ2) is 4.42. The molecule has 3 rings (SSSR count). The van der Waals surface area contributed by atoms with E-state index in [1.807, 2.05) is 23.7 Å². The summed E-state index contributed by atoms with van der Waals surface area (Å²) in [4.78, 5) is 22.5. The summed E-state index contributed by atoms with van der Waals surface area (Å²) in [6.07, 6.45) is 4.76. The Morgan fingerprint density at radius 3 is 3.00 bits per heavy atom. The first kappa shape index (κ1) is 11.2. The van der Waals surface area contributed by atoms with E-state index in [9.17, 15) is 4.79 Å². The molecule has 0 amide bonds. The molecule has 1 N–H and O–H groups in total. The number of aryl methyl sites for hydroxylation is 1. The minimum absolute atomic E-state index is 0.181. The van der Waals surface area contributed by atoms with Crippen molar-refractivity contribution < 1.29 is 0 Å². The number of fused-ring (bicyclic) bond motifs is 1. The Morgan fingerprint density at radius 1 is 1.32 bits per heavy atom. The van der Waals surface area contributed by atoms with Crippen LogP contribution in [0.25, 0.3) is 10.9 Å². The van der Waals surface area contributed by atoms with Crippen molar-refractivity contribution in [3.05, 3.63) is 58.7 Å². The van der Waals surface area contributed by atoms with E-state index in [4.69, 9.17) is 0 Å². The van der Waals surface area contributed by atoms with Gasteiger partial charge in [-0.2, -0.15) is 0 Å². The summed E-state index contributed by atoms with van der Waals surface area (Å²) in [5.74, 6) is 6.00. The molecular weight excluding hydrogens is 240 g/mol. The summed E-state index contributed by atoms with van der Waals surface area (Å²) in [7, 11) is 1.87. The van der Waals surface area contributed by atoms with Gasteiger partial charge in [-0.3, -0.25) is 4.79 Å². The maximum absolute atomic E-state index is 11.8. The van der Waals surface area contributed by atoms with E-state index in [-0.39, 0.29) is 5.56 Å². The van der Waals surface area contributed by atoms with Gasteiger partial charge in [0, 0.05) is 12.6 Å². The van der Waals surface area contributed by atoms with E-state index in [1.54, 1.807) is 18.6 Å². The van der Waals surface area contributed by atoms with Gasteiger partial charge < -0.3 is 9.55 Å². The Bertz CT molecular complexity index is 859. The molecule has 0 radical (unpaired) electrons. The zero-order chi connectivity index (χ0) is 13.2. The van der Waals surface area contributed by atoms with Crippen LogP contribution in [0.3, 0.4) is 0 Å². The number of benzene rings is 1. The number of aromatic amines is 1. The van der Waals surface area contributed by atoms with Gasteiger partial charge in [0.15, 0.2) is 0 Å². The van der Waals surface area contributed by atoms with Crippen LogP contribution in [0.2, 0.25) is 0 Å². The van der Waals surface area contributed by atoms with Crippen molar-refractivity contribution in [2.45, 2.75) is 0 Å². The normalized spacial score (nSPS) is 10.2. The summed E-state index contributed by atoms with van der Waals surface area (Å²) in [6, 6.07) is 5.43. The molecule has 0 spiro atoms. The maximum atomic E-state index is 11.8. The molecule has 2 heterocycles. The second-order valence-electron chi connectivity index (χ2n) is 4.07. The highest BCUT2D eigenvalue weighted by molar-refractivity contribution is 5.84. The Hall–Kier alpha value is -2.87. The molecule has 0 aliphatic carbocycles. The lowest BCUT2D eigenvalue weighted by molar-refractivity contribution is 0.899. The highest BCUT2D eigenvalue weighted by atomic mass is 16.1. The molecule has 0 unspecified atom stereocenters. The van der Waals surface area contributed by atoms with Gasteiger partial charge in [-0.05, 0) is 18.1 Å². The van der Waals surface area contributed by atoms with E-state index in [0.29, 0.717) is 16.5 Å². The minimum atomic E-state index is -0.181. The fourth-order valence-electron chi connectivity index (χ4n) is 1.83. The third-order valence-corrected chi connectivity index (χ3v) is 2.81. The molecular formula is C14H10N4O. The molecule has 92 valence electrons. The highest BCUT2D eigenvalue weighted by Crippen LogP contribution is 2.10. The van der Waals surface area contributed by atoms with Crippen LogP contribution in [-0.4, -0.2) is 19.5 Å². The standard InChI is InChI=1S/C14H10N4O/c1-18-9-15-7-11(18)6-5-10-3-2-4-12-13(10)14(19)17-8-16-12/h2-4,7-9H,1H3,(H,16,17,19). The molecule has 1 aromatic carbocycles. The van der Waals surface area contributed by atoms with Crippen LogP contribution >= 0.6 is 0 Å². The van der Waals surface area contributed by atoms with Crippen molar-refractivity contribution >= 4 is 10.9 Å². The lowest BCUT2D eigenvalue weighted by atomic mass is 10.1. The number of nitrogens with zero attached hydrogens (tertiary/aromatic N) is 3. The van der Waals surface area contributed by atoms with E-state index in [2.05, 4.69) is 26.8 Å². The second-order valence-corrected chi connectivity index (χ2v) is 4.07. The van der Waals surface area contributed by atoms with Crippen LogP contribution in [0.5, 0.6) is 0 Å². The molecule has 0 saturated carbocycles. The maximum Gasteiger partial charge on any atom is 0.259 e. The number of hydrogen-bond donors (Lipinski definition) is 1. The van der Waals surface area contributed by atoms with E-state index >= 15 is 0 Å². The Morgan fingerprint density at radius 2 is 2.21 bits per heavy atom. The third-order valence-electron chi connectivity index (χ3n) is 2.81. The predicted molar refractivity (Wildman–Crippen MR) is 71.6 cm³/mol. The van der Waals surface area contributed by atoms with Crippen molar-refractivity contribution in [1.29, 1.82) is 0 Å². The number of H-pyrrole nitrogens is 1. The summed E-state index contributed by atoms with van der Waals surface area (Å²) in [6.45, 7) is 0. The Balaban J connectivity index is 2.20. The van der Waals surface area contributed by atoms with Gasteiger partial charge in [0.25, 0.3) is 5.56 Å². The van der Waals surface area contributed by atoms with Crippen molar-refractivity contribution in [2.75, 3.05) is 0 Å². The molecule has 0 aliphatic rings. The molecule has 0 bridgehead atoms. The van der Waals surface area contributed by atoms with Gasteiger partial charge in [-0.1, -0.05) is 12.0 Å². The van der Waals surface area contributed by atoms with Crippen LogP contribution in [0.4, 0.5) is 0 Å². The number of rotatable bonds is 0. The van der Waals surface area contributed by atoms with Crippen molar-refractivity contribution in [3.8, 4) is 11.8 Å². The summed E-state index contributed by atoms with van der Waals surface area (Å²) in [5.41, 5.74) is 1.91. The van der Waals surface area contributed by atoms with Gasteiger partial charge in [-0.15, -0.1) is 0 Å². The lowest BCUT2D eigenvalue weighted by Crippen LogP contribution is -2.07. The largest absolute Gasteiger partial charge is 0.327 e.